The molecule has 0 aliphatic heterocycles. The van der Waals surface area contributed by atoms with Crippen molar-refractivity contribution >= 4 is 11.9 Å². The molecule has 2 rings (SSSR count). The quantitative estimate of drug-likeness (QED) is 0.841. The lowest BCUT2D eigenvalue weighted by molar-refractivity contribution is -0.142. The molecule has 6 heteroatoms. The third-order valence-corrected chi connectivity index (χ3v) is 4.07. The second-order valence-corrected chi connectivity index (χ2v) is 5.90. The summed E-state index contributed by atoms with van der Waals surface area (Å²) in [5, 5.41) is 11.8. The molecule has 0 heterocycles. The number of nitrogens with one attached hydrogen (secondary N) is 1. The van der Waals surface area contributed by atoms with E-state index in [2.05, 4.69) is 5.32 Å². The summed E-state index contributed by atoms with van der Waals surface area (Å²) in [6, 6.07) is 7.70. The molecule has 0 spiro atoms. The molecule has 1 atom stereocenters. The molecular weight excluding hydrogens is 328 g/mol. The van der Waals surface area contributed by atoms with Gasteiger partial charge in [-0.3, -0.25) is 4.79 Å². The van der Waals surface area contributed by atoms with Gasteiger partial charge in [0.15, 0.2) is 17.7 Å². The van der Waals surface area contributed by atoms with Gasteiger partial charge < -0.3 is 10.4 Å². The van der Waals surface area contributed by atoms with E-state index in [0.29, 0.717) is 5.56 Å². The first-order chi connectivity index (χ1) is 11.8. The average Bonchev–Trinajstić information content (AvgIpc) is 2.56. The molecule has 0 saturated carbocycles. The minimum Gasteiger partial charge on any atom is -0.479 e. The molecule has 0 radical (unpaired) electrons. The van der Waals surface area contributed by atoms with Crippen LogP contribution in [-0.4, -0.2) is 17.0 Å². The zero-order valence-electron chi connectivity index (χ0n) is 14.0. The summed E-state index contributed by atoms with van der Waals surface area (Å²) in [6.07, 6.45) is -0.163. The van der Waals surface area contributed by atoms with Crippen molar-refractivity contribution in [3.05, 3.63) is 70.3 Å². The van der Waals surface area contributed by atoms with Gasteiger partial charge in [0.1, 0.15) is 0 Å². The monoisotopic (exact) mass is 347 g/mol. The lowest BCUT2D eigenvalue weighted by atomic mass is 10.0. The van der Waals surface area contributed by atoms with Crippen LogP contribution in [0.5, 0.6) is 0 Å². The number of amides is 1. The van der Waals surface area contributed by atoms with Crippen molar-refractivity contribution in [3.8, 4) is 0 Å². The van der Waals surface area contributed by atoms with Crippen LogP contribution in [0.15, 0.2) is 36.4 Å². The Morgan fingerprint density at radius 2 is 1.84 bits per heavy atom. The van der Waals surface area contributed by atoms with Crippen LogP contribution in [0, 0.1) is 25.5 Å². The van der Waals surface area contributed by atoms with Gasteiger partial charge in [-0.25, -0.2) is 13.6 Å². The second-order valence-electron chi connectivity index (χ2n) is 5.90. The summed E-state index contributed by atoms with van der Waals surface area (Å²) >= 11 is 0. The van der Waals surface area contributed by atoms with Crippen LogP contribution in [0.1, 0.15) is 34.7 Å². The highest BCUT2D eigenvalue weighted by Gasteiger charge is 2.22. The summed E-state index contributed by atoms with van der Waals surface area (Å²) in [5.41, 5.74) is 2.47. The lowest BCUT2D eigenvalue weighted by Crippen LogP contribution is -2.34. The van der Waals surface area contributed by atoms with Crippen molar-refractivity contribution < 1.29 is 23.5 Å². The third-order valence-electron chi connectivity index (χ3n) is 4.07. The fourth-order valence-electron chi connectivity index (χ4n) is 2.45. The summed E-state index contributed by atoms with van der Waals surface area (Å²) in [6.45, 7) is 3.76. The molecule has 2 N–H and O–H groups in total. The fourth-order valence-corrected chi connectivity index (χ4v) is 2.45. The number of carboxylic acid groups (broad SMARTS) is 1. The van der Waals surface area contributed by atoms with Gasteiger partial charge in [-0.15, -0.1) is 0 Å². The Morgan fingerprint density at radius 3 is 2.48 bits per heavy atom. The van der Waals surface area contributed by atoms with E-state index in [4.69, 9.17) is 0 Å². The first kappa shape index (κ1) is 18.6. The van der Waals surface area contributed by atoms with Gasteiger partial charge in [-0.1, -0.05) is 30.3 Å². The molecule has 1 unspecified atom stereocenters. The molecule has 4 nitrogen and oxygen atoms in total. The molecular formula is C19H19F2NO3. The van der Waals surface area contributed by atoms with Gasteiger partial charge >= 0.3 is 5.97 Å². The number of carbonyl (C=O) groups is 2. The highest BCUT2D eigenvalue weighted by molar-refractivity contribution is 5.84. The second kappa shape index (κ2) is 7.88. The topological polar surface area (TPSA) is 66.4 Å². The van der Waals surface area contributed by atoms with Crippen LogP contribution in [0.2, 0.25) is 0 Å². The van der Waals surface area contributed by atoms with E-state index in [-0.39, 0.29) is 18.4 Å². The van der Waals surface area contributed by atoms with E-state index in [1.54, 1.807) is 18.2 Å². The summed E-state index contributed by atoms with van der Waals surface area (Å²) < 4.78 is 26.7. The van der Waals surface area contributed by atoms with Gasteiger partial charge in [-0.2, -0.15) is 0 Å². The van der Waals surface area contributed by atoms with Crippen LogP contribution in [0.3, 0.4) is 0 Å². The van der Waals surface area contributed by atoms with Crippen LogP contribution < -0.4 is 5.32 Å². The number of aryl methyl sites for hydroxylation is 3. The molecule has 1 amide bonds. The largest absolute Gasteiger partial charge is 0.479 e. The minimum absolute atomic E-state index is 0.0192. The van der Waals surface area contributed by atoms with Crippen LogP contribution in [-0.2, 0) is 16.0 Å². The highest BCUT2D eigenvalue weighted by atomic mass is 19.2. The van der Waals surface area contributed by atoms with Gasteiger partial charge in [0.25, 0.3) is 0 Å². The Hall–Kier alpha value is -2.76. The first-order valence-corrected chi connectivity index (χ1v) is 7.82. The van der Waals surface area contributed by atoms with Crippen molar-refractivity contribution in [2.75, 3.05) is 0 Å². The van der Waals surface area contributed by atoms with Crippen molar-refractivity contribution in [2.24, 2.45) is 0 Å². The van der Waals surface area contributed by atoms with Crippen molar-refractivity contribution in [1.29, 1.82) is 0 Å². The maximum atomic E-state index is 13.6. The molecule has 2 aromatic rings. The number of carboxylic acids is 1. The summed E-state index contributed by atoms with van der Waals surface area (Å²) in [5.74, 6) is -3.70. The number of hydrogen-bond donors (Lipinski definition) is 2. The Labute approximate surface area is 144 Å². The fraction of sp³-hybridized carbons (Fsp3) is 0.263. The van der Waals surface area contributed by atoms with Gasteiger partial charge in [0.05, 0.1) is 0 Å². The Morgan fingerprint density at radius 1 is 1.12 bits per heavy atom. The standard InChI is InChI=1S/C19H19F2NO3/c1-11-6-7-14(10-12(11)2)18(19(24)25)22-16(23)9-8-13-4-3-5-15(20)17(13)21/h3-7,10,18H,8-9H2,1-2H3,(H,22,23)(H,24,25). The number of halogens is 2. The van der Waals surface area contributed by atoms with Gasteiger partial charge in [-0.05, 0) is 48.6 Å². The zero-order chi connectivity index (χ0) is 18.6. The van der Waals surface area contributed by atoms with Crippen molar-refractivity contribution in [1.82, 2.24) is 5.32 Å². The number of aliphatic carboxylic acids is 1. The minimum atomic E-state index is -1.19. The third kappa shape index (κ3) is 4.62. The maximum absolute atomic E-state index is 13.6. The molecule has 0 aliphatic carbocycles. The normalized spacial score (nSPS) is 11.8. The number of carbonyl (C=O) groups excluding carboxylic acids is 1. The van der Waals surface area contributed by atoms with Crippen molar-refractivity contribution in [3.63, 3.8) is 0 Å². The number of rotatable bonds is 6. The zero-order valence-corrected chi connectivity index (χ0v) is 14.0. The molecule has 2 aromatic carbocycles. The van der Waals surface area contributed by atoms with Crippen LogP contribution >= 0.6 is 0 Å². The van der Waals surface area contributed by atoms with Gasteiger partial charge in [0.2, 0.25) is 5.91 Å². The Kier molecular flexibility index (Phi) is 5.85. The van der Waals surface area contributed by atoms with E-state index in [1.807, 2.05) is 13.8 Å². The molecule has 25 heavy (non-hydrogen) atoms. The molecule has 0 bridgehead atoms. The first-order valence-electron chi connectivity index (χ1n) is 7.82. The van der Waals surface area contributed by atoms with E-state index in [9.17, 15) is 23.5 Å². The lowest BCUT2D eigenvalue weighted by Gasteiger charge is -2.16. The molecule has 0 aliphatic rings. The maximum Gasteiger partial charge on any atom is 0.330 e. The van der Waals surface area contributed by atoms with Gasteiger partial charge in [0, 0.05) is 6.42 Å². The number of benzene rings is 2. The van der Waals surface area contributed by atoms with E-state index >= 15 is 0 Å². The number of hydrogen-bond acceptors (Lipinski definition) is 2. The highest BCUT2D eigenvalue weighted by Crippen LogP contribution is 2.18. The molecule has 132 valence electrons. The average molecular weight is 347 g/mol. The summed E-state index contributed by atoms with van der Waals surface area (Å²) in [7, 11) is 0. The SMILES string of the molecule is Cc1ccc(C(NC(=O)CCc2cccc(F)c2F)C(=O)O)cc1C. The Bertz CT molecular complexity index is 805. The van der Waals surface area contributed by atoms with Crippen LogP contribution in [0.25, 0.3) is 0 Å². The predicted molar refractivity (Wildman–Crippen MR) is 89.1 cm³/mol. The van der Waals surface area contributed by atoms with E-state index in [1.165, 1.54) is 12.1 Å². The Balaban J connectivity index is 2.06. The molecule has 0 aromatic heterocycles. The van der Waals surface area contributed by atoms with Crippen LogP contribution in [0.4, 0.5) is 8.78 Å². The smallest absolute Gasteiger partial charge is 0.330 e. The van der Waals surface area contributed by atoms with E-state index < -0.39 is 29.6 Å². The molecule has 0 fully saturated rings. The van der Waals surface area contributed by atoms with Crippen molar-refractivity contribution in [2.45, 2.75) is 32.7 Å². The summed E-state index contributed by atoms with van der Waals surface area (Å²) in [4.78, 5) is 23.5. The molecule has 0 saturated heterocycles. The van der Waals surface area contributed by atoms with E-state index in [0.717, 1.165) is 17.2 Å². The predicted octanol–water partition coefficient (Wildman–Crippen LogP) is 3.46.